The Balaban J connectivity index is 1.54. The highest BCUT2D eigenvalue weighted by atomic mass is 35.5. The average molecular weight is 523 g/mol. The molecule has 0 aliphatic carbocycles. The van der Waals surface area contributed by atoms with Gasteiger partial charge in [-0.2, -0.15) is 4.31 Å². The van der Waals surface area contributed by atoms with Gasteiger partial charge in [0.2, 0.25) is 21.7 Å². The molecule has 1 aromatic heterocycles. The van der Waals surface area contributed by atoms with Crippen LogP contribution >= 0.6 is 11.6 Å². The molecule has 3 aromatic rings. The molecule has 0 atom stereocenters. The zero-order valence-electron chi connectivity index (χ0n) is 19.4. The van der Waals surface area contributed by atoms with Gasteiger partial charge in [-0.25, -0.2) is 22.8 Å². The number of nitrogens with zero attached hydrogens (tertiary/aromatic N) is 4. The van der Waals surface area contributed by atoms with Gasteiger partial charge >= 0.3 is 0 Å². The van der Waals surface area contributed by atoms with Gasteiger partial charge in [-0.1, -0.05) is 11.6 Å². The van der Waals surface area contributed by atoms with Crippen LogP contribution < -0.4 is 19.1 Å². The van der Waals surface area contributed by atoms with Crippen molar-refractivity contribution in [1.82, 2.24) is 14.3 Å². The molecule has 12 heteroatoms. The lowest BCUT2D eigenvalue weighted by Gasteiger charge is -2.34. The van der Waals surface area contributed by atoms with Crippen molar-refractivity contribution in [1.29, 1.82) is 0 Å². The molecule has 1 fully saturated rings. The Morgan fingerprint density at radius 3 is 2.17 bits per heavy atom. The molecule has 0 amide bonds. The van der Waals surface area contributed by atoms with Crippen molar-refractivity contribution in [2.24, 2.45) is 0 Å². The number of anilines is 1. The van der Waals surface area contributed by atoms with Crippen LogP contribution in [0.2, 0.25) is 5.02 Å². The van der Waals surface area contributed by atoms with Gasteiger partial charge in [0.05, 0.1) is 32.0 Å². The summed E-state index contributed by atoms with van der Waals surface area (Å²) in [5, 5.41) is -0.145. The van der Waals surface area contributed by atoms with Gasteiger partial charge < -0.3 is 19.1 Å². The van der Waals surface area contributed by atoms with E-state index in [1.807, 2.05) is 4.90 Å². The number of hydrogen-bond acceptors (Lipinski definition) is 8. The van der Waals surface area contributed by atoms with E-state index in [0.29, 0.717) is 42.0 Å². The molecular formula is C23H24ClFN4O5S. The minimum absolute atomic E-state index is 0.116. The summed E-state index contributed by atoms with van der Waals surface area (Å²) in [6.07, 6.45) is 1.64. The number of benzene rings is 2. The van der Waals surface area contributed by atoms with Crippen molar-refractivity contribution in [2.75, 3.05) is 52.4 Å². The Hall–Kier alpha value is -3.15. The largest absolute Gasteiger partial charge is 0.493 e. The summed E-state index contributed by atoms with van der Waals surface area (Å²) in [5.74, 6) is 1.35. The fourth-order valence-electron chi connectivity index (χ4n) is 3.84. The van der Waals surface area contributed by atoms with E-state index in [2.05, 4.69) is 9.97 Å². The number of piperazine rings is 1. The van der Waals surface area contributed by atoms with E-state index in [9.17, 15) is 12.8 Å². The molecule has 2 heterocycles. The zero-order valence-corrected chi connectivity index (χ0v) is 20.9. The third kappa shape index (κ3) is 4.97. The standard InChI is InChI=1S/C23H24ClFN4O5S/c1-32-19-12-15(13-20(33-2)22(19)34-3)18-6-7-26-23(27-18)28-8-10-29(11-9-28)35(30,31)21-5-4-16(25)14-17(21)24/h4-7,12-14H,8-11H2,1-3H3. The Morgan fingerprint density at radius 2 is 1.60 bits per heavy atom. The Kier molecular flexibility index (Phi) is 7.29. The van der Waals surface area contributed by atoms with Gasteiger partial charge in [0, 0.05) is 37.9 Å². The predicted octanol–water partition coefficient (Wildman–Crippen LogP) is 3.47. The second-order valence-electron chi connectivity index (χ2n) is 7.62. The lowest BCUT2D eigenvalue weighted by atomic mass is 10.1. The molecule has 0 saturated carbocycles. The molecule has 0 unspecified atom stereocenters. The molecular weight excluding hydrogens is 499 g/mol. The first-order valence-electron chi connectivity index (χ1n) is 10.6. The molecule has 1 aliphatic heterocycles. The minimum atomic E-state index is -3.86. The number of halogens is 2. The Bertz CT molecular complexity index is 1310. The fraction of sp³-hybridized carbons (Fsp3) is 0.304. The van der Waals surface area contributed by atoms with Crippen LogP contribution in [0.3, 0.4) is 0 Å². The Labute approximate surface area is 208 Å². The summed E-state index contributed by atoms with van der Waals surface area (Å²) in [5.41, 5.74) is 1.39. The molecule has 0 N–H and O–H groups in total. The minimum Gasteiger partial charge on any atom is -0.493 e. The summed E-state index contributed by atoms with van der Waals surface area (Å²) in [4.78, 5) is 10.8. The molecule has 0 spiro atoms. The van der Waals surface area contributed by atoms with Crippen LogP contribution in [0.25, 0.3) is 11.3 Å². The first-order valence-corrected chi connectivity index (χ1v) is 12.4. The monoisotopic (exact) mass is 522 g/mol. The van der Waals surface area contributed by atoms with Gasteiger partial charge in [0.15, 0.2) is 11.5 Å². The maximum atomic E-state index is 13.4. The van der Waals surface area contributed by atoms with Gasteiger partial charge in [0.1, 0.15) is 10.7 Å². The molecule has 186 valence electrons. The lowest BCUT2D eigenvalue weighted by molar-refractivity contribution is 0.324. The van der Waals surface area contributed by atoms with E-state index in [0.717, 1.165) is 17.7 Å². The highest BCUT2D eigenvalue weighted by Gasteiger charge is 2.31. The first kappa shape index (κ1) is 25.0. The van der Waals surface area contributed by atoms with Crippen molar-refractivity contribution < 1.29 is 27.0 Å². The summed E-state index contributed by atoms with van der Waals surface area (Å²) >= 11 is 5.99. The second-order valence-corrected chi connectivity index (χ2v) is 9.94. The Morgan fingerprint density at radius 1 is 0.943 bits per heavy atom. The van der Waals surface area contributed by atoms with Crippen LogP contribution in [-0.2, 0) is 10.0 Å². The van der Waals surface area contributed by atoms with Crippen LogP contribution in [0.1, 0.15) is 0 Å². The number of hydrogen-bond donors (Lipinski definition) is 0. The number of rotatable bonds is 7. The van der Waals surface area contributed by atoms with Gasteiger partial charge in [0.25, 0.3) is 0 Å². The van der Waals surface area contributed by atoms with E-state index in [1.54, 1.807) is 38.6 Å². The van der Waals surface area contributed by atoms with Crippen molar-refractivity contribution in [3.8, 4) is 28.5 Å². The number of methoxy groups -OCH3 is 3. The molecule has 9 nitrogen and oxygen atoms in total. The topological polar surface area (TPSA) is 94.1 Å². The maximum Gasteiger partial charge on any atom is 0.244 e. The smallest absolute Gasteiger partial charge is 0.244 e. The van der Waals surface area contributed by atoms with Gasteiger partial charge in [-0.15, -0.1) is 0 Å². The normalized spacial score (nSPS) is 14.6. The molecule has 2 aromatic carbocycles. The van der Waals surface area contributed by atoms with Crippen LogP contribution in [0.4, 0.5) is 10.3 Å². The predicted molar refractivity (Wildman–Crippen MR) is 130 cm³/mol. The summed E-state index contributed by atoms with van der Waals surface area (Å²) in [7, 11) is 0.755. The maximum absolute atomic E-state index is 13.4. The third-order valence-electron chi connectivity index (χ3n) is 5.64. The van der Waals surface area contributed by atoms with Crippen LogP contribution in [-0.4, -0.2) is 70.2 Å². The SMILES string of the molecule is COc1cc(-c2ccnc(N3CCN(S(=O)(=O)c4ccc(F)cc4Cl)CC3)n2)cc(OC)c1OC. The van der Waals surface area contributed by atoms with Crippen molar-refractivity contribution in [3.63, 3.8) is 0 Å². The number of aromatic nitrogens is 2. The lowest BCUT2D eigenvalue weighted by Crippen LogP contribution is -2.49. The van der Waals surface area contributed by atoms with E-state index in [1.165, 1.54) is 17.5 Å². The third-order valence-corrected chi connectivity index (χ3v) is 8.02. The molecule has 35 heavy (non-hydrogen) atoms. The molecule has 1 saturated heterocycles. The highest BCUT2D eigenvalue weighted by molar-refractivity contribution is 7.89. The van der Waals surface area contributed by atoms with E-state index in [-0.39, 0.29) is 23.0 Å². The molecule has 0 bridgehead atoms. The van der Waals surface area contributed by atoms with Crippen LogP contribution in [0.5, 0.6) is 17.2 Å². The molecule has 1 aliphatic rings. The fourth-order valence-corrected chi connectivity index (χ4v) is 5.77. The quantitative estimate of drug-likeness (QED) is 0.465. The first-order chi connectivity index (χ1) is 16.8. The zero-order chi connectivity index (χ0) is 25.2. The summed E-state index contributed by atoms with van der Waals surface area (Å²) in [6.45, 7) is 1.15. The van der Waals surface area contributed by atoms with Gasteiger partial charge in [-0.3, -0.25) is 0 Å². The molecule has 4 rings (SSSR count). The van der Waals surface area contributed by atoms with Crippen LogP contribution in [0, 0.1) is 5.82 Å². The average Bonchev–Trinajstić information content (AvgIpc) is 2.87. The van der Waals surface area contributed by atoms with Crippen LogP contribution in [0.15, 0.2) is 47.5 Å². The molecule has 0 radical (unpaired) electrons. The summed E-state index contributed by atoms with van der Waals surface area (Å²) < 4.78 is 56.9. The van der Waals surface area contributed by atoms with Crippen molar-refractivity contribution >= 4 is 27.6 Å². The number of sulfonamides is 1. The van der Waals surface area contributed by atoms with Crippen molar-refractivity contribution in [3.05, 3.63) is 53.4 Å². The van der Waals surface area contributed by atoms with E-state index < -0.39 is 15.8 Å². The highest BCUT2D eigenvalue weighted by Crippen LogP contribution is 2.41. The van der Waals surface area contributed by atoms with E-state index >= 15 is 0 Å². The number of ether oxygens (including phenoxy) is 3. The van der Waals surface area contributed by atoms with Gasteiger partial charge in [-0.05, 0) is 36.4 Å². The summed E-state index contributed by atoms with van der Waals surface area (Å²) in [6, 6.07) is 8.62. The van der Waals surface area contributed by atoms with Crippen molar-refractivity contribution in [2.45, 2.75) is 4.90 Å². The second kappa shape index (κ2) is 10.2. The van der Waals surface area contributed by atoms with E-state index in [4.69, 9.17) is 25.8 Å².